The first kappa shape index (κ1) is 13.1. The van der Waals surface area contributed by atoms with E-state index in [-0.39, 0.29) is 16.3 Å². The van der Waals surface area contributed by atoms with E-state index in [1.54, 1.807) is 34.5 Å². The Morgan fingerprint density at radius 3 is 2.74 bits per heavy atom. The molecule has 1 aromatic carbocycles. The van der Waals surface area contributed by atoms with Crippen molar-refractivity contribution < 1.29 is 9.18 Å². The average molecular weight is 298 g/mol. The first-order valence-electron chi connectivity index (χ1n) is 6.22. The van der Waals surface area contributed by atoms with Crippen molar-refractivity contribution in [3.05, 3.63) is 24.0 Å². The van der Waals surface area contributed by atoms with E-state index in [4.69, 9.17) is 0 Å². The third kappa shape index (κ3) is 2.43. The Morgan fingerprint density at radius 1 is 1.26 bits per heavy atom. The smallest absolute Gasteiger partial charge is 0.250 e. The van der Waals surface area contributed by atoms with E-state index < -0.39 is 0 Å². The van der Waals surface area contributed by atoms with Gasteiger partial charge in [0.05, 0.1) is 11.4 Å². The minimum Gasteiger partial charge on any atom is -0.371 e. The molecular weight excluding hydrogens is 283 g/mol. The minimum atomic E-state index is -0.293. The maximum atomic E-state index is 13.5. The molecule has 1 saturated heterocycles. The summed E-state index contributed by atoms with van der Waals surface area (Å²) in [5.74, 6) is 1.85. The third-order valence-electron chi connectivity index (χ3n) is 3.39. The minimum absolute atomic E-state index is 0.0282. The van der Waals surface area contributed by atoms with E-state index in [1.165, 1.54) is 12.1 Å². The molecule has 0 radical (unpaired) electrons. The van der Waals surface area contributed by atoms with Gasteiger partial charge in [0.1, 0.15) is 10.4 Å². The number of benzene rings is 1. The Labute approximate surface area is 120 Å². The van der Waals surface area contributed by atoms with Crippen LogP contribution >= 0.6 is 23.5 Å². The second-order valence-electron chi connectivity index (χ2n) is 4.62. The standard InChI is InChI=1S/C13H15FN2OS2/c1-15-4-5-16(12(17)13-18-6-7-19-13)11-8-9(14)2-3-10(11)15/h2-3,8,13H,4-7H2,1H3. The Morgan fingerprint density at radius 2 is 2.00 bits per heavy atom. The number of thioether (sulfide) groups is 2. The number of halogens is 1. The molecule has 0 N–H and O–H groups in total. The summed E-state index contributed by atoms with van der Waals surface area (Å²) in [6.07, 6.45) is 0. The molecule has 2 heterocycles. The Kier molecular flexibility index (Phi) is 3.62. The summed E-state index contributed by atoms with van der Waals surface area (Å²) in [4.78, 5) is 16.3. The SMILES string of the molecule is CN1CCN(C(=O)C2SCCS2)c2cc(F)ccc21. The van der Waals surface area contributed by atoms with Gasteiger partial charge in [0, 0.05) is 31.6 Å². The fourth-order valence-corrected chi connectivity index (χ4v) is 5.08. The number of anilines is 2. The maximum Gasteiger partial charge on any atom is 0.250 e. The zero-order valence-electron chi connectivity index (χ0n) is 10.6. The largest absolute Gasteiger partial charge is 0.371 e. The highest BCUT2D eigenvalue weighted by molar-refractivity contribution is 8.21. The van der Waals surface area contributed by atoms with Crippen molar-refractivity contribution >= 4 is 40.8 Å². The molecule has 1 fully saturated rings. The number of fused-ring (bicyclic) bond motifs is 1. The van der Waals surface area contributed by atoms with Gasteiger partial charge in [-0.15, -0.1) is 23.5 Å². The lowest BCUT2D eigenvalue weighted by atomic mass is 10.1. The van der Waals surface area contributed by atoms with Gasteiger partial charge in [-0.3, -0.25) is 4.79 Å². The molecule has 2 aliphatic heterocycles. The first-order valence-corrected chi connectivity index (χ1v) is 8.32. The lowest BCUT2D eigenvalue weighted by Gasteiger charge is -2.36. The summed E-state index contributed by atoms with van der Waals surface area (Å²) in [5.41, 5.74) is 1.63. The van der Waals surface area contributed by atoms with Crippen molar-refractivity contribution in [3.63, 3.8) is 0 Å². The molecule has 0 atom stereocenters. The van der Waals surface area contributed by atoms with E-state index in [1.807, 2.05) is 7.05 Å². The number of likely N-dealkylation sites (N-methyl/N-ethyl adjacent to an activating group) is 1. The fraction of sp³-hybridized carbons (Fsp3) is 0.462. The molecule has 0 aromatic heterocycles. The summed E-state index contributed by atoms with van der Waals surface area (Å²) >= 11 is 3.38. The van der Waals surface area contributed by atoms with Crippen molar-refractivity contribution in [3.8, 4) is 0 Å². The summed E-state index contributed by atoms with van der Waals surface area (Å²) in [6.45, 7) is 1.41. The first-order chi connectivity index (χ1) is 9.16. The molecule has 3 nitrogen and oxygen atoms in total. The summed E-state index contributed by atoms with van der Waals surface area (Å²) in [5, 5.41) is 0. The molecule has 0 unspecified atom stereocenters. The Balaban J connectivity index is 1.93. The molecule has 1 aromatic rings. The van der Waals surface area contributed by atoms with Crippen LogP contribution in [0.1, 0.15) is 0 Å². The molecule has 1 amide bonds. The van der Waals surface area contributed by atoms with Gasteiger partial charge in [0.25, 0.3) is 0 Å². The van der Waals surface area contributed by atoms with Crippen LogP contribution in [0.3, 0.4) is 0 Å². The van der Waals surface area contributed by atoms with Crippen LogP contribution in [0.2, 0.25) is 0 Å². The van der Waals surface area contributed by atoms with Crippen LogP contribution < -0.4 is 9.80 Å². The molecule has 102 valence electrons. The van der Waals surface area contributed by atoms with Gasteiger partial charge in [-0.1, -0.05) is 0 Å². The van der Waals surface area contributed by atoms with Crippen LogP contribution in [0, 0.1) is 5.82 Å². The predicted molar refractivity (Wildman–Crippen MR) is 80.7 cm³/mol. The number of hydrogen-bond acceptors (Lipinski definition) is 4. The van der Waals surface area contributed by atoms with E-state index in [0.29, 0.717) is 12.2 Å². The van der Waals surface area contributed by atoms with Crippen molar-refractivity contribution in [2.45, 2.75) is 4.58 Å². The van der Waals surface area contributed by atoms with Crippen LogP contribution in [0.15, 0.2) is 18.2 Å². The van der Waals surface area contributed by atoms with E-state index in [9.17, 15) is 9.18 Å². The van der Waals surface area contributed by atoms with Crippen LogP contribution in [0.4, 0.5) is 15.8 Å². The highest BCUT2D eigenvalue weighted by Gasteiger charge is 2.33. The van der Waals surface area contributed by atoms with Crippen LogP contribution in [-0.2, 0) is 4.79 Å². The normalized spacial score (nSPS) is 19.7. The molecule has 3 rings (SSSR count). The van der Waals surface area contributed by atoms with Gasteiger partial charge in [-0.25, -0.2) is 4.39 Å². The third-order valence-corrected chi connectivity index (χ3v) is 6.35. The molecule has 0 bridgehead atoms. The molecule has 2 aliphatic rings. The number of amides is 1. The molecule has 19 heavy (non-hydrogen) atoms. The molecule has 0 saturated carbocycles. The average Bonchev–Trinajstić information content (AvgIpc) is 2.92. The fourth-order valence-electron chi connectivity index (χ4n) is 2.38. The summed E-state index contributed by atoms with van der Waals surface area (Å²) in [6, 6.07) is 4.66. The predicted octanol–water partition coefficient (Wildman–Crippen LogP) is 2.41. The number of rotatable bonds is 1. The number of carbonyl (C=O) groups is 1. The Hall–Kier alpha value is -0.880. The lowest BCUT2D eigenvalue weighted by Crippen LogP contribution is -2.45. The topological polar surface area (TPSA) is 23.6 Å². The van der Waals surface area contributed by atoms with Crippen LogP contribution in [0.5, 0.6) is 0 Å². The van der Waals surface area contributed by atoms with Crippen molar-refractivity contribution in [1.82, 2.24) is 0 Å². The lowest BCUT2D eigenvalue weighted by molar-refractivity contribution is -0.116. The van der Waals surface area contributed by atoms with E-state index in [0.717, 1.165) is 23.7 Å². The van der Waals surface area contributed by atoms with Crippen LogP contribution in [-0.4, -0.2) is 42.1 Å². The van der Waals surface area contributed by atoms with Crippen molar-refractivity contribution in [2.75, 3.05) is 41.4 Å². The molecule has 0 aliphatic carbocycles. The van der Waals surface area contributed by atoms with E-state index >= 15 is 0 Å². The number of carbonyl (C=O) groups excluding carboxylic acids is 1. The van der Waals surface area contributed by atoms with Gasteiger partial charge >= 0.3 is 0 Å². The monoisotopic (exact) mass is 298 g/mol. The zero-order valence-corrected chi connectivity index (χ0v) is 12.3. The second-order valence-corrected chi connectivity index (χ2v) is 7.34. The zero-order chi connectivity index (χ0) is 13.4. The molecular formula is C13H15FN2OS2. The van der Waals surface area contributed by atoms with Gasteiger partial charge in [0.2, 0.25) is 5.91 Å². The maximum absolute atomic E-state index is 13.5. The van der Waals surface area contributed by atoms with Gasteiger partial charge in [0.15, 0.2) is 0 Å². The number of hydrogen-bond donors (Lipinski definition) is 0. The van der Waals surface area contributed by atoms with Gasteiger partial charge in [-0.2, -0.15) is 0 Å². The quantitative estimate of drug-likeness (QED) is 0.794. The van der Waals surface area contributed by atoms with Crippen molar-refractivity contribution in [2.24, 2.45) is 0 Å². The summed E-state index contributed by atoms with van der Waals surface area (Å²) < 4.78 is 13.4. The molecule has 6 heteroatoms. The van der Waals surface area contributed by atoms with Gasteiger partial charge in [-0.05, 0) is 18.2 Å². The highest BCUT2D eigenvalue weighted by atomic mass is 32.2. The second kappa shape index (κ2) is 5.25. The Bertz CT molecular complexity index is 505. The number of nitrogens with zero attached hydrogens (tertiary/aromatic N) is 2. The van der Waals surface area contributed by atoms with E-state index in [2.05, 4.69) is 4.90 Å². The van der Waals surface area contributed by atoms with Crippen molar-refractivity contribution in [1.29, 1.82) is 0 Å². The highest BCUT2D eigenvalue weighted by Crippen LogP contribution is 2.38. The molecule has 0 spiro atoms. The van der Waals surface area contributed by atoms with Crippen LogP contribution in [0.25, 0.3) is 0 Å². The summed E-state index contributed by atoms with van der Waals surface area (Å²) in [7, 11) is 1.97. The van der Waals surface area contributed by atoms with Gasteiger partial charge < -0.3 is 9.80 Å².